The zero-order chi connectivity index (χ0) is 11.3. The molecule has 0 spiro atoms. The van der Waals surface area contributed by atoms with E-state index in [1.54, 1.807) is 6.20 Å². The van der Waals surface area contributed by atoms with E-state index in [0.717, 1.165) is 18.8 Å². The summed E-state index contributed by atoms with van der Waals surface area (Å²) >= 11 is 5.74. The van der Waals surface area contributed by atoms with Crippen LogP contribution in [-0.4, -0.2) is 44.1 Å². The highest BCUT2D eigenvalue weighted by molar-refractivity contribution is 6.16. The maximum absolute atomic E-state index is 5.74. The zero-order valence-electron chi connectivity index (χ0n) is 9.57. The second kappa shape index (κ2) is 5.93. The van der Waals surface area contributed by atoms with Crippen LogP contribution in [0.1, 0.15) is 5.69 Å². The fourth-order valence-corrected chi connectivity index (χ4v) is 1.40. The molecule has 1 heterocycles. The highest BCUT2D eigenvalue weighted by Gasteiger charge is 2.02. The number of hydrogen-bond acceptors (Lipinski definition) is 3. The molecule has 0 bridgehead atoms. The Morgan fingerprint density at radius 1 is 1.27 bits per heavy atom. The smallest absolute Gasteiger partial charge is 0.0648 e. The largest absolute Gasteiger partial charge is 0.373 e. The average Bonchev–Trinajstić information content (AvgIpc) is 2.26. The number of alkyl halides is 1. The monoisotopic (exact) mass is 227 g/mol. The third-order valence-corrected chi connectivity index (χ3v) is 2.53. The number of likely N-dealkylation sites (N-methyl/N-ethyl adjacent to an activating group) is 2. The Morgan fingerprint density at radius 3 is 2.60 bits per heavy atom. The first-order chi connectivity index (χ1) is 7.13. The molecule has 0 radical (unpaired) electrons. The maximum atomic E-state index is 5.74. The summed E-state index contributed by atoms with van der Waals surface area (Å²) in [6.45, 7) is 2.04. The van der Waals surface area contributed by atoms with E-state index in [0.29, 0.717) is 5.88 Å². The summed E-state index contributed by atoms with van der Waals surface area (Å²) in [5, 5.41) is 0. The second-order valence-corrected chi connectivity index (χ2v) is 4.13. The van der Waals surface area contributed by atoms with Crippen molar-refractivity contribution in [3.63, 3.8) is 0 Å². The molecular formula is C11H18ClN3. The first-order valence-electron chi connectivity index (χ1n) is 5.00. The Labute approximate surface area is 96.7 Å². The van der Waals surface area contributed by atoms with Gasteiger partial charge < -0.3 is 9.80 Å². The Kier molecular flexibility index (Phi) is 4.85. The molecule has 4 heteroatoms. The summed E-state index contributed by atoms with van der Waals surface area (Å²) in [5.74, 6) is 0.468. The van der Waals surface area contributed by atoms with Gasteiger partial charge >= 0.3 is 0 Å². The topological polar surface area (TPSA) is 19.4 Å². The van der Waals surface area contributed by atoms with Gasteiger partial charge in [-0.05, 0) is 26.2 Å². The molecule has 0 saturated heterocycles. The number of nitrogens with zero attached hydrogens (tertiary/aromatic N) is 3. The van der Waals surface area contributed by atoms with Crippen molar-refractivity contribution >= 4 is 17.3 Å². The van der Waals surface area contributed by atoms with Gasteiger partial charge in [0.2, 0.25) is 0 Å². The van der Waals surface area contributed by atoms with E-state index in [1.165, 1.54) is 5.69 Å². The number of hydrogen-bond donors (Lipinski definition) is 0. The molecule has 0 amide bonds. The van der Waals surface area contributed by atoms with Crippen molar-refractivity contribution in [2.24, 2.45) is 0 Å². The lowest BCUT2D eigenvalue weighted by atomic mass is 10.3. The number of rotatable bonds is 5. The predicted octanol–water partition coefficient (Wildman–Crippen LogP) is 1.82. The van der Waals surface area contributed by atoms with Gasteiger partial charge in [0.05, 0.1) is 11.6 Å². The van der Waals surface area contributed by atoms with Crippen LogP contribution in [0.15, 0.2) is 18.3 Å². The van der Waals surface area contributed by atoms with E-state index in [-0.39, 0.29) is 0 Å². The molecular weight excluding hydrogens is 210 g/mol. The summed E-state index contributed by atoms with van der Waals surface area (Å²) in [7, 11) is 6.23. The van der Waals surface area contributed by atoms with Crippen LogP contribution in [0.2, 0.25) is 0 Å². The molecule has 1 rings (SSSR count). The van der Waals surface area contributed by atoms with Crippen molar-refractivity contribution in [3.8, 4) is 0 Å². The molecule has 3 nitrogen and oxygen atoms in total. The molecule has 0 saturated carbocycles. The van der Waals surface area contributed by atoms with Gasteiger partial charge in [-0.25, -0.2) is 0 Å². The van der Waals surface area contributed by atoms with Gasteiger partial charge in [0.1, 0.15) is 0 Å². The first kappa shape index (κ1) is 12.3. The lowest BCUT2D eigenvalue weighted by molar-refractivity contribution is 0.416. The van der Waals surface area contributed by atoms with Crippen LogP contribution >= 0.6 is 11.6 Å². The fraction of sp³-hybridized carbons (Fsp3) is 0.545. The molecule has 0 fully saturated rings. The van der Waals surface area contributed by atoms with Crippen molar-refractivity contribution in [2.75, 3.05) is 39.1 Å². The molecule has 0 aliphatic heterocycles. The number of pyridine rings is 1. The van der Waals surface area contributed by atoms with Gasteiger partial charge in [-0.15, -0.1) is 11.6 Å². The first-order valence-corrected chi connectivity index (χ1v) is 5.53. The molecule has 15 heavy (non-hydrogen) atoms. The van der Waals surface area contributed by atoms with Crippen LogP contribution in [0.5, 0.6) is 0 Å². The lowest BCUT2D eigenvalue weighted by Crippen LogP contribution is -2.28. The van der Waals surface area contributed by atoms with Crippen LogP contribution in [0.25, 0.3) is 0 Å². The van der Waals surface area contributed by atoms with Crippen molar-refractivity contribution in [2.45, 2.75) is 5.88 Å². The van der Waals surface area contributed by atoms with E-state index < -0.39 is 0 Å². The average molecular weight is 228 g/mol. The maximum Gasteiger partial charge on any atom is 0.0648 e. The van der Waals surface area contributed by atoms with Crippen LogP contribution in [-0.2, 0) is 5.88 Å². The number of aromatic nitrogens is 1. The molecule has 0 N–H and O–H groups in total. The van der Waals surface area contributed by atoms with Crippen LogP contribution in [0.4, 0.5) is 5.69 Å². The van der Waals surface area contributed by atoms with Crippen LogP contribution in [0.3, 0.4) is 0 Å². The van der Waals surface area contributed by atoms with E-state index >= 15 is 0 Å². The Hall–Kier alpha value is -0.800. The van der Waals surface area contributed by atoms with Gasteiger partial charge in [-0.2, -0.15) is 0 Å². The highest BCUT2D eigenvalue weighted by Crippen LogP contribution is 2.13. The quantitative estimate of drug-likeness (QED) is 0.716. The van der Waals surface area contributed by atoms with Crippen LogP contribution < -0.4 is 4.90 Å². The minimum atomic E-state index is 0.468. The predicted molar refractivity (Wildman–Crippen MR) is 65.6 cm³/mol. The van der Waals surface area contributed by atoms with Gasteiger partial charge in [-0.3, -0.25) is 4.98 Å². The molecule has 1 aromatic heterocycles. The van der Waals surface area contributed by atoms with Crippen molar-refractivity contribution < 1.29 is 0 Å². The van der Waals surface area contributed by atoms with Crippen molar-refractivity contribution in [3.05, 3.63) is 24.0 Å². The molecule has 84 valence electrons. The summed E-state index contributed by atoms with van der Waals surface area (Å²) in [4.78, 5) is 8.54. The second-order valence-electron chi connectivity index (χ2n) is 3.86. The Morgan fingerprint density at radius 2 is 2.00 bits per heavy atom. The normalized spacial score (nSPS) is 10.7. The van der Waals surface area contributed by atoms with E-state index in [2.05, 4.69) is 35.9 Å². The van der Waals surface area contributed by atoms with Gasteiger partial charge in [-0.1, -0.05) is 0 Å². The molecule has 1 aromatic rings. The molecule has 0 atom stereocenters. The SMILES string of the molecule is CN(C)CCN(C)c1ccnc(CCl)c1. The van der Waals surface area contributed by atoms with Gasteiger partial charge in [0.15, 0.2) is 0 Å². The van der Waals surface area contributed by atoms with Gasteiger partial charge in [0, 0.05) is 32.0 Å². The van der Waals surface area contributed by atoms with Crippen molar-refractivity contribution in [1.29, 1.82) is 0 Å². The standard InChI is InChI=1S/C11H18ClN3/c1-14(2)6-7-15(3)11-4-5-13-10(8-11)9-12/h4-5,8H,6-7,9H2,1-3H3. The molecule has 0 unspecified atom stereocenters. The highest BCUT2D eigenvalue weighted by atomic mass is 35.5. The summed E-state index contributed by atoms with van der Waals surface area (Å²) in [6, 6.07) is 4.04. The van der Waals surface area contributed by atoms with E-state index in [4.69, 9.17) is 11.6 Å². The fourth-order valence-electron chi connectivity index (χ4n) is 1.26. The molecule has 0 aromatic carbocycles. The van der Waals surface area contributed by atoms with Crippen molar-refractivity contribution in [1.82, 2.24) is 9.88 Å². The summed E-state index contributed by atoms with van der Waals surface area (Å²) in [6.07, 6.45) is 1.80. The van der Waals surface area contributed by atoms with E-state index in [9.17, 15) is 0 Å². The summed E-state index contributed by atoms with van der Waals surface area (Å²) < 4.78 is 0. The van der Waals surface area contributed by atoms with Crippen LogP contribution in [0, 0.1) is 0 Å². The number of halogens is 1. The zero-order valence-corrected chi connectivity index (χ0v) is 10.3. The molecule has 0 aliphatic carbocycles. The third-order valence-electron chi connectivity index (χ3n) is 2.26. The van der Waals surface area contributed by atoms with E-state index in [1.807, 2.05) is 12.1 Å². The number of anilines is 1. The Balaban J connectivity index is 2.60. The third kappa shape index (κ3) is 4.06. The lowest BCUT2D eigenvalue weighted by Gasteiger charge is -2.21. The van der Waals surface area contributed by atoms with Gasteiger partial charge in [0.25, 0.3) is 0 Å². The Bertz CT molecular complexity index is 302. The minimum absolute atomic E-state index is 0.468. The summed E-state index contributed by atoms with van der Waals surface area (Å²) in [5.41, 5.74) is 2.09. The molecule has 0 aliphatic rings. The minimum Gasteiger partial charge on any atom is -0.373 e.